The molecule has 0 unspecified atom stereocenters. The molecule has 0 aliphatic rings. The lowest BCUT2D eigenvalue weighted by Gasteiger charge is -2.10. The largest absolute Gasteiger partial charge is 0.489 e. The summed E-state index contributed by atoms with van der Waals surface area (Å²) in [6, 6.07) is 2.29. The second-order valence-corrected chi connectivity index (χ2v) is 2.98. The van der Waals surface area contributed by atoms with Gasteiger partial charge in [0.15, 0.2) is 0 Å². The Labute approximate surface area is 91.6 Å². The van der Waals surface area contributed by atoms with Crippen LogP contribution in [0.15, 0.2) is 12.1 Å². The highest BCUT2D eigenvalue weighted by molar-refractivity contribution is 5.95. The number of hydrogen-bond acceptors (Lipinski definition) is 4. The molecule has 0 atom stereocenters. The Kier molecular flexibility index (Phi) is 4.07. The van der Waals surface area contributed by atoms with Gasteiger partial charge in [-0.2, -0.15) is 0 Å². The summed E-state index contributed by atoms with van der Waals surface area (Å²) in [6.45, 7) is 0.546. The van der Waals surface area contributed by atoms with Gasteiger partial charge in [0.25, 0.3) is 0 Å². The molecule has 0 saturated heterocycles. The summed E-state index contributed by atoms with van der Waals surface area (Å²) in [4.78, 5) is 10.7. The Hall–Kier alpha value is -1.82. The summed E-state index contributed by atoms with van der Waals surface area (Å²) in [5, 5.41) is 8.74. The molecule has 5 nitrogen and oxygen atoms in total. The van der Waals surface area contributed by atoms with E-state index in [1.54, 1.807) is 0 Å². The number of ether oxygens (including phenoxy) is 2. The number of halogens is 1. The summed E-state index contributed by atoms with van der Waals surface area (Å²) < 4.78 is 23.0. The van der Waals surface area contributed by atoms with E-state index in [2.05, 4.69) is 0 Å². The molecule has 1 rings (SSSR count). The van der Waals surface area contributed by atoms with Gasteiger partial charge in [-0.25, -0.2) is 9.18 Å². The van der Waals surface area contributed by atoms with Gasteiger partial charge in [0, 0.05) is 7.11 Å². The number of rotatable bonds is 5. The maximum Gasteiger partial charge on any atom is 0.340 e. The Morgan fingerprint density at radius 3 is 2.75 bits per heavy atom. The van der Waals surface area contributed by atoms with Crippen LogP contribution < -0.4 is 10.5 Å². The van der Waals surface area contributed by atoms with Crippen molar-refractivity contribution in [3.63, 3.8) is 0 Å². The van der Waals surface area contributed by atoms with Crippen LogP contribution in [0.4, 0.5) is 10.1 Å². The third-order valence-electron chi connectivity index (χ3n) is 1.91. The van der Waals surface area contributed by atoms with Gasteiger partial charge in [-0.3, -0.25) is 0 Å². The van der Waals surface area contributed by atoms with Crippen molar-refractivity contribution in [3.8, 4) is 5.75 Å². The minimum absolute atomic E-state index is 0.135. The number of anilines is 1. The third kappa shape index (κ3) is 2.60. The van der Waals surface area contributed by atoms with E-state index in [0.29, 0.717) is 6.61 Å². The molecule has 88 valence electrons. The molecule has 0 aliphatic carbocycles. The van der Waals surface area contributed by atoms with Gasteiger partial charge in [0.05, 0.1) is 12.3 Å². The van der Waals surface area contributed by atoms with Gasteiger partial charge < -0.3 is 20.3 Å². The molecular weight excluding hydrogens is 217 g/mol. The monoisotopic (exact) mass is 229 g/mol. The number of hydrogen-bond donors (Lipinski definition) is 2. The normalized spacial score (nSPS) is 10.1. The van der Waals surface area contributed by atoms with Crippen molar-refractivity contribution in [2.75, 3.05) is 26.1 Å². The van der Waals surface area contributed by atoms with Crippen LogP contribution in [0.3, 0.4) is 0 Å². The first kappa shape index (κ1) is 12.3. The smallest absolute Gasteiger partial charge is 0.340 e. The van der Waals surface area contributed by atoms with E-state index in [1.807, 2.05) is 0 Å². The minimum atomic E-state index is -1.42. The average molecular weight is 229 g/mol. The van der Waals surface area contributed by atoms with Crippen molar-refractivity contribution in [2.45, 2.75) is 0 Å². The van der Waals surface area contributed by atoms with Gasteiger partial charge in [-0.1, -0.05) is 0 Å². The Morgan fingerprint density at radius 1 is 1.50 bits per heavy atom. The zero-order valence-corrected chi connectivity index (χ0v) is 8.70. The first-order chi connectivity index (χ1) is 7.57. The number of aromatic carboxylic acids is 1. The SMILES string of the molecule is COCCOc1ccc(F)c(C(=O)O)c1N. The molecule has 1 aromatic carbocycles. The van der Waals surface area contributed by atoms with Crippen LogP contribution in [0, 0.1) is 5.82 Å². The van der Waals surface area contributed by atoms with Gasteiger partial charge in [-0.15, -0.1) is 0 Å². The minimum Gasteiger partial charge on any atom is -0.489 e. The highest BCUT2D eigenvalue weighted by atomic mass is 19.1. The summed E-state index contributed by atoms with van der Waals surface area (Å²) in [7, 11) is 1.50. The third-order valence-corrected chi connectivity index (χ3v) is 1.91. The molecular formula is C10H12FNO4. The van der Waals surface area contributed by atoms with E-state index in [4.69, 9.17) is 20.3 Å². The molecule has 0 fully saturated rings. The molecule has 0 amide bonds. The maximum absolute atomic E-state index is 13.1. The number of nitrogen functional groups attached to an aromatic ring is 1. The van der Waals surface area contributed by atoms with E-state index in [1.165, 1.54) is 13.2 Å². The van der Waals surface area contributed by atoms with Crippen LogP contribution in [0.1, 0.15) is 10.4 Å². The Bertz CT molecular complexity index is 395. The lowest BCUT2D eigenvalue weighted by molar-refractivity contribution is 0.0692. The van der Waals surface area contributed by atoms with E-state index < -0.39 is 17.3 Å². The molecule has 0 heterocycles. The summed E-state index contributed by atoms with van der Waals surface area (Å²) in [6.07, 6.45) is 0. The van der Waals surface area contributed by atoms with Crippen molar-refractivity contribution in [1.29, 1.82) is 0 Å². The van der Waals surface area contributed by atoms with Crippen molar-refractivity contribution in [2.24, 2.45) is 0 Å². The Balaban J connectivity index is 2.95. The number of carboxylic acid groups (broad SMARTS) is 1. The molecule has 0 saturated carbocycles. The summed E-state index contributed by atoms with van der Waals surface area (Å²) in [5.74, 6) is -2.17. The summed E-state index contributed by atoms with van der Waals surface area (Å²) in [5.41, 5.74) is 4.69. The fraction of sp³-hybridized carbons (Fsp3) is 0.300. The number of benzene rings is 1. The standard InChI is InChI=1S/C10H12FNO4/c1-15-4-5-16-7-3-2-6(11)8(9(7)12)10(13)14/h2-3H,4-5,12H2,1H3,(H,13,14). The second-order valence-electron chi connectivity index (χ2n) is 2.98. The maximum atomic E-state index is 13.1. The first-order valence-corrected chi connectivity index (χ1v) is 4.51. The van der Waals surface area contributed by atoms with E-state index in [9.17, 15) is 9.18 Å². The zero-order valence-electron chi connectivity index (χ0n) is 8.70. The van der Waals surface area contributed by atoms with Crippen LogP contribution in [-0.2, 0) is 4.74 Å². The molecule has 6 heteroatoms. The average Bonchev–Trinajstić information content (AvgIpc) is 2.21. The van der Waals surface area contributed by atoms with Gasteiger partial charge in [-0.05, 0) is 12.1 Å². The number of carbonyl (C=O) groups is 1. The van der Waals surface area contributed by atoms with Crippen molar-refractivity contribution in [3.05, 3.63) is 23.5 Å². The predicted octanol–water partition coefficient (Wildman–Crippen LogP) is 1.13. The van der Waals surface area contributed by atoms with E-state index in [0.717, 1.165) is 6.07 Å². The zero-order chi connectivity index (χ0) is 12.1. The second kappa shape index (κ2) is 5.32. The quantitative estimate of drug-likeness (QED) is 0.584. The van der Waals surface area contributed by atoms with Crippen LogP contribution in [0.2, 0.25) is 0 Å². The molecule has 1 aromatic rings. The van der Waals surface area contributed by atoms with Crippen molar-refractivity contribution < 1.29 is 23.8 Å². The van der Waals surface area contributed by atoms with Crippen molar-refractivity contribution >= 4 is 11.7 Å². The first-order valence-electron chi connectivity index (χ1n) is 4.51. The number of carboxylic acids is 1. The van der Waals surface area contributed by atoms with Crippen LogP contribution in [0.5, 0.6) is 5.75 Å². The molecule has 0 bridgehead atoms. The fourth-order valence-corrected chi connectivity index (χ4v) is 1.15. The highest BCUT2D eigenvalue weighted by Gasteiger charge is 2.17. The highest BCUT2D eigenvalue weighted by Crippen LogP contribution is 2.27. The van der Waals surface area contributed by atoms with Crippen LogP contribution in [-0.4, -0.2) is 31.4 Å². The van der Waals surface area contributed by atoms with E-state index in [-0.39, 0.29) is 18.0 Å². The molecule has 16 heavy (non-hydrogen) atoms. The van der Waals surface area contributed by atoms with Gasteiger partial charge >= 0.3 is 5.97 Å². The lowest BCUT2D eigenvalue weighted by Crippen LogP contribution is -2.10. The summed E-state index contributed by atoms with van der Waals surface area (Å²) >= 11 is 0. The molecule has 3 N–H and O–H groups in total. The Morgan fingerprint density at radius 2 is 2.19 bits per heavy atom. The molecule has 0 aromatic heterocycles. The molecule has 0 spiro atoms. The molecule has 0 radical (unpaired) electrons. The number of nitrogens with two attached hydrogens (primary N) is 1. The fourth-order valence-electron chi connectivity index (χ4n) is 1.15. The van der Waals surface area contributed by atoms with E-state index >= 15 is 0 Å². The topological polar surface area (TPSA) is 81.8 Å². The van der Waals surface area contributed by atoms with Crippen molar-refractivity contribution in [1.82, 2.24) is 0 Å². The predicted molar refractivity (Wildman–Crippen MR) is 55.1 cm³/mol. The van der Waals surface area contributed by atoms with Crippen LogP contribution in [0.25, 0.3) is 0 Å². The van der Waals surface area contributed by atoms with Gasteiger partial charge in [0.1, 0.15) is 23.7 Å². The van der Waals surface area contributed by atoms with Gasteiger partial charge in [0.2, 0.25) is 0 Å². The van der Waals surface area contributed by atoms with Crippen LogP contribution >= 0.6 is 0 Å². The number of methoxy groups -OCH3 is 1. The lowest BCUT2D eigenvalue weighted by atomic mass is 10.1. The molecule has 0 aliphatic heterocycles.